The Hall–Kier alpha value is -1.88. The lowest BCUT2D eigenvalue weighted by molar-refractivity contribution is -0.122. The van der Waals surface area contributed by atoms with Gasteiger partial charge in [0.2, 0.25) is 0 Å². The van der Waals surface area contributed by atoms with Crippen molar-refractivity contribution in [2.45, 2.75) is 50.6 Å². The number of allylic oxidation sites excluding steroid dienone is 1. The first-order valence-electron chi connectivity index (χ1n) is 10.2. The molecule has 28 heavy (non-hydrogen) atoms. The first-order valence-corrected chi connectivity index (χ1v) is 11.0. The molecule has 4 saturated carbocycles. The Bertz CT molecular complexity index is 955. The van der Waals surface area contributed by atoms with E-state index < -0.39 is 11.7 Å². The summed E-state index contributed by atoms with van der Waals surface area (Å²) in [7, 11) is 0. The minimum Gasteiger partial charge on any atom is -0.344 e. The molecule has 4 nitrogen and oxygen atoms in total. The van der Waals surface area contributed by atoms with Gasteiger partial charge in [0.15, 0.2) is 0 Å². The molecule has 0 atom stereocenters. The number of halogens is 1. The summed E-state index contributed by atoms with van der Waals surface area (Å²) in [5.74, 6) is 1.31. The van der Waals surface area contributed by atoms with Gasteiger partial charge in [-0.05, 0) is 74.5 Å². The SMILES string of the molecule is C=CCn1cc(C(=O)C(=O)NC23CC4CC(CC(C4)C2)C3)c2cc(Br)ccc21. The van der Waals surface area contributed by atoms with E-state index in [4.69, 9.17) is 0 Å². The molecule has 146 valence electrons. The number of carbonyl (C=O) groups is 2. The number of hydrogen-bond acceptors (Lipinski definition) is 2. The molecule has 1 heterocycles. The minimum absolute atomic E-state index is 0.151. The summed E-state index contributed by atoms with van der Waals surface area (Å²) >= 11 is 3.48. The van der Waals surface area contributed by atoms with Crippen molar-refractivity contribution in [1.29, 1.82) is 0 Å². The lowest BCUT2D eigenvalue weighted by Gasteiger charge is -2.56. The number of Topliss-reactive ketones (excluding diaryl/α,β-unsaturated/α-hetero) is 1. The molecule has 4 fully saturated rings. The Morgan fingerprint density at radius 2 is 1.82 bits per heavy atom. The summed E-state index contributed by atoms with van der Waals surface area (Å²) in [5, 5.41) is 4.02. The molecule has 1 amide bonds. The standard InChI is InChI=1S/C23H25BrN2O2/c1-2-5-26-13-19(18-9-17(24)3-4-20(18)26)21(27)22(28)25-23-10-14-6-15(11-23)8-16(7-14)12-23/h2-4,9,13-16H,1,5-8,10-12H2,(H,25,28). The second-order valence-corrected chi connectivity index (χ2v) is 10.0. The second-order valence-electron chi connectivity index (χ2n) is 9.13. The zero-order valence-electron chi connectivity index (χ0n) is 15.9. The predicted molar refractivity (Wildman–Crippen MR) is 113 cm³/mol. The normalized spacial score (nSPS) is 30.5. The highest BCUT2D eigenvalue weighted by Gasteiger charge is 2.52. The first kappa shape index (κ1) is 18.2. The second kappa shape index (κ2) is 6.58. The molecule has 4 aliphatic rings. The molecule has 0 saturated heterocycles. The van der Waals surface area contributed by atoms with Crippen LogP contribution in [0.15, 0.2) is 41.5 Å². The van der Waals surface area contributed by atoms with E-state index in [1.807, 2.05) is 22.8 Å². The Morgan fingerprint density at radius 1 is 1.18 bits per heavy atom. The summed E-state index contributed by atoms with van der Waals surface area (Å²) in [4.78, 5) is 26.2. The van der Waals surface area contributed by atoms with Gasteiger partial charge in [0.25, 0.3) is 11.7 Å². The van der Waals surface area contributed by atoms with Crippen LogP contribution in [0.3, 0.4) is 0 Å². The van der Waals surface area contributed by atoms with Gasteiger partial charge in [-0.15, -0.1) is 6.58 Å². The molecule has 0 aliphatic heterocycles. The third kappa shape index (κ3) is 2.95. The third-order valence-electron chi connectivity index (χ3n) is 7.04. The molecule has 0 radical (unpaired) electrons. The smallest absolute Gasteiger partial charge is 0.292 e. The highest BCUT2D eigenvalue weighted by Crippen LogP contribution is 2.55. The van der Waals surface area contributed by atoms with Crippen LogP contribution >= 0.6 is 15.9 Å². The topological polar surface area (TPSA) is 51.1 Å². The van der Waals surface area contributed by atoms with E-state index in [9.17, 15) is 9.59 Å². The molecule has 1 aromatic heterocycles. The van der Waals surface area contributed by atoms with Gasteiger partial charge in [-0.1, -0.05) is 22.0 Å². The summed E-state index contributed by atoms with van der Waals surface area (Å²) in [5.41, 5.74) is 1.26. The van der Waals surface area contributed by atoms with Crippen molar-refractivity contribution in [2.24, 2.45) is 17.8 Å². The number of nitrogens with one attached hydrogen (secondary N) is 1. The molecule has 2 aromatic rings. The summed E-state index contributed by atoms with van der Waals surface area (Å²) in [6.07, 6.45) is 10.7. The lowest BCUT2D eigenvalue weighted by Crippen LogP contribution is -2.60. The van der Waals surface area contributed by atoms with Crippen molar-refractivity contribution in [2.75, 3.05) is 0 Å². The number of fused-ring (bicyclic) bond motifs is 1. The van der Waals surface area contributed by atoms with E-state index >= 15 is 0 Å². The quantitative estimate of drug-likeness (QED) is 0.410. The van der Waals surface area contributed by atoms with Gasteiger partial charge in [-0.25, -0.2) is 0 Å². The molecule has 6 rings (SSSR count). The van der Waals surface area contributed by atoms with Crippen LogP contribution in [-0.2, 0) is 11.3 Å². The summed E-state index contributed by atoms with van der Waals surface area (Å²) in [6.45, 7) is 4.40. The fourth-order valence-electron chi connectivity index (χ4n) is 6.42. The third-order valence-corrected chi connectivity index (χ3v) is 7.53. The van der Waals surface area contributed by atoms with Crippen LogP contribution in [0.25, 0.3) is 10.9 Å². The zero-order valence-corrected chi connectivity index (χ0v) is 17.5. The lowest BCUT2D eigenvalue weighted by atomic mass is 9.53. The largest absolute Gasteiger partial charge is 0.344 e. The number of hydrogen-bond donors (Lipinski definition) is 1. The van der Waals surface area contributed by atoms with Crippen molar-refractivity contribution in [3.8, 4) is 0 Å². The van der Waals surface area contributed by atoms with Crippen LogP contribution in [0.5, 0.6) is 0 Å². The number of carbonyl (C=O) groups excluding carboxylic acids is 2. The van der Waals surface area contributed by atoms with E-state index in [1.54, 1.807) is 12.3 Å². The average Bonchev–Trinajstić information content (AvgIpc) is 2.97. The number of aromatic nitrogens is 1. The maximum atomic E-state index is 13.1. The van der Waals surface area contributed by atoms with Crippen molar-refractivity contribution >= 4 is 38.5 Å². The van der Waals surface area contributed by atoms with Gasteiger partial charge >= 0.3 is 0 Å². The van der Waals surface area contributed by atoms with E-state index in [0.717, 1.165) is 52.4 Å². The average molecular weight is 441 g/mol. The summed E-state index contributed by atoms with van der Waals surface area (Å²) in [6, 6.07) is 5.84. The van der Waals surface area contributed by atoms with Crippen molar-refractivity contribution in [1.82, 2.24) is 9.88 Å². The molecule has 1 aromatic carbocycles. The van der Waals surface area contributed by atoms with Gasteiger partial charge in [0, 0.05) is 33.7 Å². The molecular weight excluding hydrogens is 416 g/mol. The van der Waals surface area contributed by atoms with Crippen LogP contribution in [0.4, 0.5) is 0 Å². The Kier molecular flexibility index (Phi) is 4.27. The number of amides is 1. The van der Waals surface area contributed by atoms with Gasteiger partial charge in [0.1, 0.15) is 0 Å². The van der Waals surface area contributed by atoms with Gasteiger partial charge < -0.3 is 9.88 Å². The number of ketones is 1. The fraction of sp³-hybridized carbons (Fsp3) is 0.478. The highest BCUT2D eigenvalue weighted by molar-refractivity contribution is 9.10. The first-order chi connectivity index (χ1) is 13.5. The molecular formula is C23H25BrN2O2. The van der Waals surface area contributed by atoms with Crippen LogP contribution in [0, 0.1) is 17.8 Å². The molecule has 1 N–H and O–H groups in total. The Balaban J connectivity index is 1.44. The molecule has 0 unspecified atom stereocenters. The maximum Gasteiger partial charge on any atom is 0.292 e. The van der Waals surface area contributed by atoms with Gasteiger partial charge in [0.05, 0.1) is 5.56 Å². The Morgan fingerprint density at radius 3 is 2.43 bits per heavy atom. The van der Waals surface area contributed by atoms with Crippen LogP contribution < -0.4 is 5.32 Å². The fourth-order valence-corrected chi connectivity index (χ4v) is 6.79. The van der Waals surface area contributed by atoms with Gasteiger partial charge in [-0.3, -0.25) is 9.59 Å². The number of rotatable bonds is 5. The van der Waals surface area contributed by atoms with Gasteiger partial charge in [-0.2, -0.15) is 0 Å². The predicted octanol–water partition coefficient (Wildman–Crippen LogP) is 4.86. The number of nitrogens with zero attached hydrogens (tertiary/aromatic N) is 1. The molecule has 0 spiro atoms. The number of benzene rings is 1. The Labute approximate surface area is 173 Å². The van der Waals surface area contributed by atoms with Crippen molar-refractivity contribution in [3.05, 3.63) is 47.1 Å². The van der Waals surface area contributed by atoms with Crippen molar-refractivity contribution in [3.63, 3.8) is 0 Å². The van der Waals surface area contributed by atoms with E-state index in [2.05, 4.69) is 27.8 Å². The van der Waals surface area contributed by atoms with E-state index in [1.165, 1.54) is 19.3 Å². The zero-order chi connectivity index (χ0) is 19.5. The minimum atomic E-state index is -0.445. The maximum absolute atomic E-state index is 13.1. The highest BCUT2D eigenvalue weighted by atomic mass is 79.9. The molecule has 4 aliphatic carbocycles. The molecule has 5 heteroatoms. The van der Waals surface area contributed by atoms with E-state index in [-0.39, 0.29) is 5.54 Å². The monoisotopic (exact) mass is 440 g/mol. The molecule has 4 bridgehead atoms. The van der Waals surface area contributed by atoms with Crippen LogP contribution in [0.2, 0.25) is 0 Å². The van der Waals surface area contributed by atoms with Crippen LogP contribution in [0.1, 0.15) is 48.9 Å². The summed E-state index contributed by atoms with van der Waals surface area (Å²) < 4.78 is 2.87. The van der Waals surface area contributed by atoms with Crippen LogP contribution in [-0.4, -0.2) is 21.8 Å². The van der Waals surface area contributed by atoms with Crippen molar-refractivity contribution < 1.29 is 9.59 Å². The van der Waals surface area contributed by atoms with E-state index in [0.29, 0.717) is 12.1 Å².